The second kappa shape index (κ2) is 4.85. The maximum absolute atomic E-state index is 11.9. The SMILES string of the molecule is Cc1ccccc1OC(=O)c1sc(Cl)nc1C. The van der Waals surface area contributed by atoms with Gasteiger partial charge < -0.3 is 4.74 Å². The zero-order valence-electron chi connectivity index (χ0n) is 9.36. The molecule has 0 saturated carbocycles. The van der Waals surface area contributed by atoms with Crippen LogP contribution in [0.3, 0.4) is 0 Å². The van der Waals surface area contributed by atoms with Gasteiger partial charge in [0.2, 0.25) is 0 Å². The van der Waals surface area contributed by atoms with Gasteiger partial charge in [-0.05, 0) is 25.5 Å². The molecule has 0 aliphatic carbocycles. The quantitative estimate of drug-likeness (QED) is 0.616. The van der Waals surface area contributed by atoms with Crippen LogP contribution in [0.1, 0.15) is 20.9 Å². The summed E-state index contributed by atoms with van der Waals surface area (Å²) in [7, 11) is 0. The number of para-hydroxylation sites is 1. The summed E-state index contributed by atoms with van der Waals surface area (Å²) in [5.74, 6) is 0.141. The zero-order chi connectivity index (χ0) is 12.4. The van der Waals surface area contributed by atoms with Gasteiger partial charge in [-0.2, -0.15) is 0 Å². The van der Waals surface area contributed by atoms with Crippen LogP contribution in [0.5, 0.6) is 5.75 Å². The lowest BCUT2D eigenvalue weighted by Gasteiger charge is -2.05. The molecule has 0 aliphatic heterocycles. The summed E-state index contributed by atoms with van der Waals surface area (Å²) in [6, 6.07) is 7.35. The largest absolute Gasteiger partial charge is 0.422 e. The predicted octanol–water partition coefficient (Wildman–Crippen LogP) is 3.63. The first-order valence-corrected chi connectivity index (χ1v) is 6.18. The summed E-state index contributed by atoms with van der Waals surface area (Å²) in [6.07, 6.45) is 0. The maximum atomic E-state index is 11.9. The Labute approximate surface area is 108 Å². The van der Waals surface area contributed by atoms with Crippen molar-refractivity contribution in [3.8, 4) is 5.75 Å². The fraction of sp³-hybridized carbons (Fsp3) is 0.167. The molecule has 1 aromatic heterocycles. The number of carbonyl (C=O) groups excluding carboxylic acids is 1. The van der Waals surface area contributed by atoms with Crippen LogP contribution in [-0.2, 0) is 0 Å². The standard InChI is InChI=1S/C12H10ClNO2S/c1-7-5-3-4-6-9(7)16-11(15)10-8(2)14-12(13)17-10/h3-6H,1-2H3. The van der Waals surface area contributed by atoms with Crippen molar-refractivity contribution in [3.05, 3.63) is 44.9 Å². The molecule has 17 heavy (non-hydrogen) atoms. The topological polar surface area (TPSA) is 39.2 Å². The number of esters is 1. The van der Waals surface area contributed by atoms with Crippen molar-refractivity contribution in [2.75, 3.05) is 0 Å². The monoisotopic (exact) mass is 267 g/mol. The second-order valence-electron chi connectivity index (χ2n) is 3.54. The first-order valence-electron chi connectivity index (χ1n) is 4.98. The third-order valence-electron chi connectivity index (χ3n) is 2.25. The molecule has 0 atom stereocenters. The molecule has 88 valence electrons. The molecule has 1 heterocycles. The van der Waals surface area contributed by atoms with E-state index in [9.17, 15) is 4.79 Å². The number of nitrogens with zero attached hydrogens (tertiary/aromatic N) is 1. The predicted molar refractivity (Wildman–Crippen MR) is 68.0 cm³/mol. The number of aromatic nitrogens is 1. The van der Waals surface area contributed by atoms with Crippen molar-refractivity contribution in [3.63, 3.8) is 0 Å². The van der Waals surface area contributed by atoms with Gasteiger partial charge in [-0.15, -0.1) is 0 Å². The maximum Gasteiger partial charge on any atom is 0.355 e. The molecule has 0 aliphatic rings. The van der Waals surface area contributed by atoms with Crippen LogP contribution in [-0.4, -0.2) is 11.0 Å². The molecule has 0 fully saturated rings. The lowest BCUT2D eigenvalue weighted by atomic mass is 10.2. The highest BCUT2D eigenvalue weighted by atomic mass is 35.5. The summed E-state index contributed by atoms with van der Waals surface area (Å²) in [5.41, 5.74) is 1.51. The minimum absolute atomic E-state index is 0.347. The lowest BCUT2D eigenvalue weighted by molar-refractivity contribution is 0.0737. The van der Waals surface area contributed by atoms with Crippen LogP contribution in [0.25, 0.3) is 0 Å². The smallest absolute Gasteiger partial charge is 0.355 e. The van der Waals surface area contributed by atoms with Gasteiger partial charge in [0.15, 0.2) is 4.47 Å². The first kappa shape index (κ1) is 12.1. The normalized spacial score (nSPS) is 10.3. The summed E-state index contributed by atoms with van der Waals surface area (Å²) in [6.45, 7) is 3.62. The van der Waals surface area contributed by atoms with E-state index in [-0.39, 0.29) is 0 Å². The number of hydrogen-bond donors (Lipinski definition) is 0. The third kappa shape index (κ3) is 2.65. The van der Waals surface area contributed by atoms with Crippen LogP contribution in [0.2, 0.25) is 4.47 Å². The molecule has 0 unspecified atom stereocenters. The Kier molecular flexibility index (Phi) is 3.45. The van der Waals surface area contributed by atoms with Crippen molar-refractivity contribution in [1.82, 2.24) is 4.98 Å². The molecule has 0 saturated heterocycles. The Morgan fingerprint density at radius 2 is 2.06 bits per heavy atom. The highest BCUT2D eigenvalue weighted by Crippen LogP contribution is 2.25. The highest BCUT2D eigenvalue weighted by molar-refractivity contribution is 7.17. The van der Waals surface area contributed by atoms with Crippen molar-refractivity contribution in [2.45, 2.75) is 13.8 Å². The molecule has 2 rings (SSSR count). The highest BCUT2D eigenvalue weighted by Gasteiger charge is 2.17. The van der Waals surface area contributed by atoms with E-state index >= 15 is 0 Å². The van der Waals surface area contributed by atoms with E-state index < -0.39 is 5.97 Å². The van der Waals surface area contributed by atoms with E-state index in [4.69, 9.17) is 16.3 Å². The molecule has 1 aromatic carbocycles. The van der Waals surface area contributed by atoms with Gasteiger partial charge in [-0.1, -0.05) is 41.1 Å². The Morgan fingerprint density at radius 1 is 1.35 bits per heavy atom. The van der Waals surface area contributed by atoms with E-state index in [1.165, 1.54) is 0 Å². The summed E-state index contributed by atoms with van der Waals surface area (Å²) < 4.78 is 5.64. The van der Waals surface area contributed by atoms with Crippen LogP contribution in [0.4, 0.5) is 0 Å². The van der Waals surface area contributed by atoms with Gasteiger partial charge in [0.25, 0.3) is 0 Å². The molecular weight excluding hydrogens is 258 g/mol. The fourth-order valence-electron chi connectivity index (χ4n) is 1.37. The number of benzene rings is 1. The summed E-state index contributed by atoms with van der Waals surface area (Å²) in [5, 5.41) is 0. The number of ether oxygens (including phenoxy) is 1. The van der Waals surface area contributed by atoms with Gasteiger partial charge in [0.05, 0.1) is 5.69 Å². The van der Waals surface area contributed by atoms with Crippen molar-refractivity contribution >= 4 is 28.9 Å². The molecule has 5 heteroatoms. The number of halogens is 1. The van der Waals surface area contributed by atoms with Crippen LogP contribution in [0.15, 0.2) is 24.3 Å². The fourth-order valence-corrected chi connectivity index (χ4v) is 2.40. The van der Waals surface area contributed by atoms with Crippen molar-refractivity contribution in [2.24, 2.45) is 0 Å². The molecule has 0 amide bonds. The average molecular weight is 268 g/mol. The molecular formula is C12H10ClNO2S. The minimum atomic E-state index is -0.416. The number of rotatable bonds is 2. The van der Waals surface area contributed by atoms with Gasteiger partial charge >= 0.3 is 5.97 Å². The van der Waals surface area contributed by atoms with Gasteiger partial charge in [0.1, 0.15) is 10.6 Å². The molecule has 2 aromatic rings. The van der Waals surface area contributed by atoms with Crippen molar-refractivity contribution < 1.29 is 9.53 Å². The second-order valence-corrected chi connectivity index (χ2v) is 5.12. The molecule has 3 nitrogen and oxygen atoms in total. The molecule has 0 spiro atoms. The number of thiazole rings is 1. The van der Waals surface area contributed by atoms with E-state index in [1.807, 2.05) is 25.1 Å². The number of aryl methyl sites for hydroxylation is 2. The van der Waals surface area contributed by atoms with E-state index in [0.717, 1.165) is 16.9 Å². The molecule has 0 N–H and O–H groups in total. The minimum Gasteiger partial charge on any atom is -0.422 e. The first-order chi connectivity index (χ1) is 8.08. The van der Waals surface area contributed by atoms with Crippen LogP contribution in [0, 0.1) is 13.8 Å². The number of hydrogen-bond acceptors (Lipinski definition) is 4. The van der Waals surface area contributed by atoms with E-state index in [0.29, 0.717) is 20.8 Å². The summed E-state index contributed by atoms with van der Waals surface area (Å²) in [4.78, 5) is 16.3. The lowest BCUT2D eigenvalue weighted by Crippen LogP contribution is -2.08. The third-order valence-corrected chi connectivity index (χ3v) is 3.49. The van der Waals surface area contributed by atoms with E-state index in [2.05, 4.69) is 4.98 Å². The average Bonchev–Trinajstić information content (AvgIpc) is 2.61. The van der Waals surface area contributed by atoms with Crippen LogP contribution >= 0.6 is 22.9 Å². The van der Waals surface area contributed by atoms with Gasteiger partial charge in [-0.25, -0.2) is 9.78 Å². The zero-order valence-corrected chi connectivity index (χ0v) is 10.9. The molecule has 0 bridgehead atoms. The Balaban J connectivity index is 2.23. The Morgan fingerprint density at radius 3 is 2.65 bits per heavy atom. The Bertz CT molecular complexity index is 565. The summed E-state index contributed by atoms with van der Waals surface area (Å²) >= 11 is 6.87. The van der Waals surface area contributed by atoms with Gasteiger partial charge in [-0.3, -0.25) is 0 Å². The van der Waals surface area contributed by atoms with Crippen molar-refractivity contribution in [1.29, 1.82) is 0 Å². The Hall–Kier alpha value is -1.39. The van der Waals surface area contributed by atoms with E-state index in [1.54, 1.807) is 13.0 Å². The number of carbonyl (C=O) groups is 1. The van der Waals surface area contributed by atoms with Crippen LogP contribution < -0.4 is 4.74 Å². The van der Waals surface area contributed by atoms with Gasteiger partial charge in [0, 0.05) is 0 Å². The molecule has 0 radical (unpaired) electrons.